The van der Waals surface area contributed by atoms with E-state index in [4.69, 9.17) is 4.74 Å². The first kappa shape index (κ1) is 22.6. The SMILES string of the molecule is C=CCOc1ccc2c(F)c(CCc3ccc(C4CCC(CCC)CC4)cc3)ccc2c1. The summed E-state index contributed by atoms with van der Waals surface area (Å²) >= 11 is 0. The highest BCUT2D eigenvalue weighted by molar-refractivity contribution is 5.85. The third-order valence-electron chi connectivity index (χ3n) is 7.05. The predicted molar refractivity (Wildman–Crippen MR) is 133 cm³/mol. The molecule has 1 aliphatic rings. The van der Waals surface area contributed by atoms with Gasteiger partial charge in [-0.05, 0) is 90.6 Å². The zero-order chi connectivity index (χ0) is 22.3. The lowest BCUT2D eigenvalue weighted by atomic mass is 9.77. The minimum atomic E-state index is -0.113. The highest BCUT2D eigenvalue weighted by atomic mass is 19.1. The number of halogens is 1. The van der Waals surface area contributed by atoms with Gasteiger partial charge in [0.1, 0.15) is 18.2 Å². The van der Waals surface area contributed by atoms with E-state index in [1.807, 2.05) is 30.3 Å². The second-order valence-electron chi connectivity index (χ2n) is 9.27. The molecule has 0 aliphatic heterocycles. The standard InChI is InChI=1S/C30H35FO/c1-3-5-22-6-11-24(12-7-22)25-13-8-23(9-14-25)10-15-26-16-17-27-21-28(32-20-4-2)18-19-29(27)30(26)31/h4,8-9,13-14,16-19,21-22,24H,2-3,5-7,10-12,15,20H2,1H3. The van der Waals surface area contributed by atoms with Crippen molar-refractivity contribution in [2.45, 2.75) is 64.2 Å². The highest BCUT2D eigenvalue weighted by Crippen LogP contribution is 2.37. The summed E-state index contributed by atoms with van der Waals surface area (Å²) in [5, 5.41) is 1.52. The minimum Gasteiger partial charge on any atom is -0.490 e. The van der Waals surface area contributed by atoms with Gasteiger partial charge in [-0.15, -0.1) is 0 Å². The number of ether oxygens (including phenoxy) is 1. The molecule has 0 radical (unpaired) electrons. The Balaban J connectivity index is 1.37. The van der Waals surface area contributed by atoms with Gasteiger partial charge in [0, 0.05) is 5.39 Å². The van der Waals surface area contributed by atoms with E-state index >= 15 is 4.39 Å². The second-order valence-corrected chi connectivity index (χ2v) is 9.27. The Bertz CT molecular complexity index is 1030. The average molecular weight is 431 g/mol. The topological polar surface area (TPSA) is 9.23 Å². The van der Waals surface area contributed by atoms with Crippen LogP contribution >= 0.6 is 0 Å². The van der Waals surface area contributed by atoms with Crippen molar-refractivity contribution in [2.75, 3.05) is 6.61 Å². The smallest absolute Gasteiger partial charge is 0.134 e. The summed E-state index contributed by atoms with van der Waals surface area (Å²) in [7, 11) is 0. The molecule has 3 aromatic rings. The zero-order valence-corrected chi connectivity index (χ0v) is 19.3. The molecule has 0 atom stereocenters. The summed E-state index contributed by atoms with van der Waals surface area (Å²) < 4.78 is 20.7. The first-order valence-electron chi connectivity index (χ1n) is 12.2. The Hall–Kier alpha value is -2.61. The Morgan fingerprint density at radius 1 is 0.969 bits per heavy atom. The molecular formula is C30H35FO. The fourth-order valence-corrected chi connectivity index (χ4v) is 5.18. The largest absolute Gasteiger partial charge is 0.490 e. The monoisotopic (exact) mass is 430 g/mol. The van der Waals surface area contributed by atoms with Crippen LogP contribution in [0.3, 0.4) is 0 Å². The van der Waals surface area contributed by atoms with Crippen molar-refractivity contribution in [1.82, 2.24) is 0 Å². The van der Waals surface area contributed by atoms with Gasteiger partial charge in [-0.25, -0.2) is 4.39 Å². The van der Waals surface area contributed by atoms with Crippen LogP contribution in [0.1, 0.15) is 68.1 Å². The van der Waals surface area contributed by atoms with Gasteiger partial charge in [0.15, 0.2) is 0 Å². The minimum absolute atomic E-state index is 0.113. The lowest BCUT2D eigenvalue weighted by Gasteiger charge is -2.28. The van der Waals surface area contributed by atoms with Gasteiger partial charge in [0.05, 0.1) is 0 Å². The van der Waals surface area contributed by atoms with E-state index in [0.29, 0.717) is 18.4 Å². The molecule has 1 aliphatic carbocycles. The van der Waals surface area contributed by atoms with Crippen molar-refractivity contribution in [2.24, 2.45) is 5.92 Å². The molecule has 1 fully saturated rings. The summed E-state index contributed by atoms with van der Waals surface area (Å²) in [4.78, 5) is 0. The molecule has 2 heteroatoms. The van der Waals surface area contributed by atoms with Gasteiger partial charge in [0.2, 0.25) is 0 Å². The molecule has 0 bridgehead atoms. The van der Waals surface area contributed by atoms with Gasteiger partial charge in [0.25, 0.3) is 0 Å². The normalized spacial score (nSPS) is 18.6. The number of rotatable bonds is 9. The van der Waals surface area contributed by atoms with Crippen LogP contribution in [0.2, 0.25) is 0 Å². The molecule has 1 saturated carbocycles. The molecular weight excluding hydrogens is 395 g/mol. The van der Waals surface area contributed by atoms with E-state index in [2.05, 4.69) is 37.8 Å². The number of aryl methyl sites for hydroxylation is 2. The zero-order valence-electron chi connectivity index (χ0n) is 19.3. The Labute approximate surface area is 192 Å². The van der Waals surface area contributed by atoms with Crippen molar-refractivity contribution in [3.63, 3.8) is 0 Å². The van der Waals surface area contributed by atoms with Crippen molar-refractivity contribution >= 4 is 10.8 Å². The third kappa shape index (κ3) is 5.41. The Morgan fingerprint density at radius 2 is 1.75 bits per heavy atom. The van der Waals surface area contributed by atoms with Crippen molar-refractivity contribution in [3.8, 4) is 5.75 Å². The summed E-state index contributed by atoms with van der Waals surface area (Å²) in [5.41, 5.74) is 3.53. The molecule has 3 aromatic carbocycles. The molecule has 0 amide bonds. The van der Waals surface area contributed by atoms with Crippen LogP contribution in [0.5, 0.6) is 5.75 Å². The van der Waals surface area contributed by atoms with Gasteiger partial charge >= 0.3 is 0 Å². The van der Waals surface area contributed by atoms with E-state index in [1.54, 1.807) is 6.08 Å². The summed E-state index contributed by atoms with van der Waals surface area (Å²) in [6.07, 6.45) is 11.4. The second kappa shape index (κ2) is 10.8. The maximum Gasteiger partial charge on any atom is 0.134 e. The summed E-state index contributed by atoms with van der Waals surface area (Å²) in [6, 6.07) is 18.5. The number of benzene rings is 3. The quantitative estimate of drug-likeness (QED) is 0.310. The first-order valence-corrected chi connectivity index (χ1v) is 12.2. The Kier molecular flexibility index (Phi) is 7.63. The van der Waals surface area contributed by atoms with Crippen LogP contribution in [0.25, 0.3) is 10.8 Å². The fourth-order valence-electron chi connectivity index (χ4n) is 5.18. The van der Waals surface area contributed by atoms with Gasteiger partial charge in [-0.1, -0.05) is 68.8 Å². The molecule has 32 heavy (non-hydrogen) atoms. The molecule has 0 N–H and O–H groups in total. The van der Waals surface area contributed by atoms with Crippen LogP contribution in [0, 0.1) is 11.7 Å². The molecule has 0 heterocycles. The van der Waals surface area contributed by atoms with Crippen LogP contribution in [0.15, 0.2) is 67.3 Å². The molecule has 4 rings (SSSR count). The molecule has 0 aromatic heterocycles. The van der Waals surface area contributed by atoms with Gasteiger partial charge in [-0.3, -0.25) is 0 Å². The van der Waals surface area contributed by atoms with E-state index in [0.717, 1.165) is 35.0 Å². The van der Waals surface area contributed by atoms with Gasteiger partial charge in [-0.2, -0.15) is 0 Å². The number of fused-ring (bicyclic) bond motifs is 1. The average Bonchev–Trinajstić information content (AvgIpc) is 2.83. The van der Waals surface area contributed by atoms with E-state index in [-0.39, 0.29) is 5.82 Å². The van der Waals surface area contributed by atoms with Gasteiger partial charge < -0.3 is 4.74 Å². The van der Waals surface area contributed by atoms with E-state index in [9.17, 15) is 0 Å². The van der Waals surface area contributed by atoms with Crippen LogP contribution in [0.4, 0.5) is 4.39 Å². The van der Waals surface area contributed by atoms with Crippen molar-refractivity contribution < 1.29 is 9.13 Å². The van der Waals surface area contributed by atoms with Crippen LogP contribution < -0.4 is 4.74 Å². The molecule has 0 saturated heterocycles. The summed E-state index contributed by atoms with van der Waals surface area (Å²) in [6.45, 7) is 6.41. The van der Waals surface area contributed by atoms with Crippen molar-refractivity contribution in [1.29, 1.82) is 0 Å². The van der Waals surface area contributed by atoms with Crippen LogP contribution in [-0.4, -0.2) is 6.61 Å². The number of hydrogen-bond acceptors (Lipinski definition) is 1. The lowest BCUT2D eigenvalue weighted by Crippen LogP contribution is -2.13. The molecule has 0 spiro atoms. The maximum atomic E-state index is 15.1. The lowest BCUT2D eigenvalue weighted by molar-refractivity contribution is 0.308. The Morgan fingerprint density at radius 3 is 2.47 bits per heavy atom. The van der Waals surface area contributed by atoms with Crippen molar-refractivity contribution in [3.05, 3.63) is 89.8 Å². The third-order valence-corrected chi connectivity index (χ3v) is 7.05. The fraction of sp³-hybridized carbons (Fsp3) is 0.400. The van der Waals surface area contributed by atoms with E-state index < -0.39 is 0 Å². The molecule has 1 nitrogen and oxygen atoms in total. The summed E-state index contributed by atoms with van der Waals surface area (Å²) in [5.74, 6) is 2.29. The van der Waals surface area contributed by atoms with E-state index in [1.165, 1.54) is 49.7 Å². The predicted octanol–water partition coefficient (Wildman–Crippen LogP) is 8.40. The first-order chi connectivity index (χ1) is 15.7. The highest BCUT2D eigenvalue weighted by Gasteiger charge is 2.21. The van der Waals surface area contributed by atoms with Crippen LogP contribution in [-0.2, 0) is 12.8 Å². The number of hydrogen-bond donors (Lipinski definition) is 0. The maximum absolute atomic E-state index is 15.1. The molecule has 168 valence electrons. The molecule has 0 unspecified atom stereocenters.